The second-order valence-electron chi connectivity index (χ2n) is 6.48. The van der Waals surface area contributed by atoms with Gasteiger partial charge in [-0.25, -0.2) is 18.4 Å². The lowest BCUT2D eigenvalue weighted by atomic mass is 10.1. The van der Waals surface area contributed by atoms with Crippen molar-refractivity contribution in [3.05, 3.63) is 35.5 Å². The predicted octanol–water partition coefficient (Wildman–Crippen LogP) is 3.11. The number of anilines is 1. The fraction of sp³-hybridized carbons (Fsp3) is 0.444. The van der Waals surface area contributed by atoms with Crippen molar-refractivity contribution in [2.45, 2.75) is 36.2 Å². The van der Waals surface area contributed by atoms with Gasteiger partial charge < -0.3 is 4.90 Å². The summed E-state index contributed by atoms with van der Waals surface area (Å²) >= 11 is 1.15. The third-order valence-corrected chi connectivity index (χ3v) is 7.89. The molecule has 0 spiro atoms. The lowest BCUT2D eigenvalue weighted by Crippen LogP contribution is -2.54. The van der Waals surface area contributed by atoms with Crippen molar-refractivity contribution < 1.29 is 21.6 Å². The summed E-state index contributed by atoms with van der Waals surface area (Å²) in [5.74, 6) is 4.29. The van der Waals surface area contributed by atoms with Crippen LogP contribution in [0.2, 0.25) is 0 Å². The van der Waals surface area contributed by atoms with Gasteiger partial charge in [0.1, 0.15) is 10.3 Å². The van der Waals surface area contributed by atoms with Crippen LogP contribution in [0.15, 0.2) is 34.1 Å². The van der Waals surface area contributed by atoms with Crippen LogP contribution in [-0.4, -0.2) is 54.5 Å². The van der Waals surface area contributed by atoms with Gasteiger partial charge in [-0.15, -0.1) is 17.3 Å². The van der Waals surface area contributed by atoms with E-state index in [1.54, 1.807) is 29.3 Å². The highest BCUT2D eigenvalue weighted by Crippen LogP contribution is 2.34. The maximum absolute atomic E-state index is 12.9. The molecular weight excluding hydrogens is 425 g/mol. The fourth-order valence-corrected chi connectivity index (χ4v) is 5.52. The Bertz CT molecular complexity index is 996. The Labute approximate surface area is 171 Å². The van der Waals surface area contributed by atoms with E-state index in [9.17, 15) is 21.6 Å². The lowest BCUT2D eigenvalue weighted by molar-refractivity contribution is -0.146. The highest BCUT2D eigenvalue weighted by molar-refractivity contribution is 7.91. The molecule has 2 aromatic rings. The van der Waals surface area contributed by atoms with Crippen molar-refractivity contribution >= 4 is 27.3 Å². The topological polar surface area (TPSA) is 66.4 Å². The molecule has 0 saturated carbocycles. The van der Waals surface area contributed by atoms with Crippen LogP contribution in [0.4, 0.5) is 19.1 Å². The first kappa shape index (κ1) is 21.5. The predicted molar refractivity (Wildman–Crippen MR) is 104 cm³/mol. The van der Waals surface area contributed by atoms with Crippen molar-refractivity contribution in [1.29, 1.82) is 0 Å². The lowest BCUT2D eigenvalue weighted by Gasteiger charge is -2.38. The quantitative estimate of drug-likeness (QED) is 0.678. The summed E-state index contributed by atoms with van der Waals surface area (Å²) in [7, 11) is -3.62. The summed E-state index contributed by atoms with van der Waals surface area (Å²) in [6, 6.07) is 2.72. The van der Waals surface area contributed by atoms with Gasteiger partial charge in [0.15, 0.2) is 0 Å². The Morgan fingerprint density at radius 3 is 2.52 bits per heavy atom. The number of sulfonamides is 1. The average Bonchev–Trinajstić information content (AvgIpc) is 3.23. The van der Waals surface area contributed by atoms with E-state index in [4.69, 9.17) is 0 Å². The van der Waals surface area contributed by atoms with E-state index >= 15 is 0 Å². The number of nitrogens with zero attached hydrogens (tertiary/aromatic N) is 4. The third-order valence-electron chi connectivity index (χ3n) is 4.65. The van der Waals surface area contributed by atoms with Crippen molar-refractivity contribution in [3.63, 3.8) is 0 Å². The molecule has 0 N–H and O–H groups in total. The molecule has 156 valence electrons. The molecule has 3 heterocycles. The molecule has 0 amide bonds. The second-order valence-corrected chi connectivity index (χ2v) is 9.59. The van der Waals surface area contributed by atoms with Gasteiger partial charge in [-0.3, -0.25) is 0 Å². The van der Waals surface area contributed by atoms with Gasteiger partial charge in [-0.1, -0.05) is 12.0 Å². The summed E-state index contributed by atoms with van der Waals surface area (Å²) in [5.41, 5.74) is -0.0294. The number of hydrogen-bond acceptors (Lipinski definition) is 6. The van der Waals surface area contributed by atoms with E-state index in [1.807, 2.05) is 0 Å². The summed E-state index contributed by atoms with van der Waals surface area (Å²) in [6.45, 7) is 3.28. The summed E-state index contributed by atoms with van der Waals surface area (Å²) in [5, 5.41) is 1.70. The van der Waals surface area contributed by atoms with Crippen LogP contribution >= 0.6 is 11.3 Å². The zero-order valence-corrected chi connectivity index (χ0v) is 17.4. The maximum Gasteiger partial charge on any atom is 0.395 e. The van der Waals surface area contributed by atoms with Crippen LogP contribution < -0.4 is 4.90 Å². The summed E-state index contributed by atoms with van der Waals surface area (Å²) < 4.78 is 65.8. The van der Waals surface area contributed by atoms with E-state index in [0.29, 0.717) is 0 Å². The highest BCUT2D eigenvalue weighted by Gasteiger charge is 2.38. The van der Waals surface area contributed by atoms with Crippen LogP contribution in [0.25, 0.3) is 0 Å². The number of rotatable bonds is 4. The van der Waals surface area contributed by atoms with E-state index in [0.717, 1.165) is 30.7 Å². The van der Waals surface area contributed by atoms with Crippen LogP contribution in [0.1, 0.15) is 25.3 Å². The molecule has 6 nitrogen and oxygen atoms in total. The molecule has 0 bridgehead atoms. The maximum atomic E-state index is 12.9. The minimum atomic E-state index is -4.37. The molecule has 29 heavy (non-hydrogen) atoms. The molecule has 0 aliphatic carbocycles. The molecule has 1 aliphatic heterocycles. The van der Waals surface area contributed by atoms with Gasteiger partial charge in [0.25, 0.3) is 10.0 Å². The number of halogens is 3. The molecule has 1 saturated heterocycles. The summed E-state index contributed by atoms with van der Waals surface area (Å²) in [4.78, 5) is 9.90. The third kappa shape index (κ3) is 4.55. The largest absolute Gasteiger partial charge is 0.395 e. The van der Waals surface area contributed by atoms with Crippen molar-refractivity contribution in [2.75, 3.05) is 24.5 Å². The average molecular weight is 445 g/mol. The van der Waals surface area contributed by atoms with Gasteiger partial charge in [0.05, 0.1) is 5.92 Å². The van der Waals surface area contributed by atoms with Gasteiger partial charge in [-0.2, -0.15) is 17.5 Å². The molecule has 1 fully saturated rings. The first-order chi connectivity index (χ1) is 13.6. The molecule has 1 aliphatic rings. The van der Waals surface area contributed by atoms with E-state index in [2.05, 4.69) is 21.8 Å². The number of piperazine rings is 1. The fourth-order valence-electron chi connectivity index (χ4n) is 2.94. The Balaban J connectivity index is 1.81. The second kappa shape index (κ2) is 8.30. The van der Waals surface area contributed by atoms with Crippen LogP contribution in [0.3, 0.4) is 0 Å². The SMILES string of the molecule is CC#CC1CN(S(=O)(=O)c2cccs2)CCN1c1ncc(C(C)C(F)(F)F)cn1. The minimum Gasteiger partial charge on any atom is -0.324 e. The Morgan fingerprint density at radius 2 is 1.97 bits per heavy atom. The highest BCUT2D eigenvalue weighted by atomic mass is 32.2. The molecule has 0 aromatic carbocycles. The van der Waals surface area contributed by atoms with Crippen molar-refractivity contribution in [2.24, 2.45) is 0 Å². The molecule has 11 heteroatoms. The Hall–Kier alpha value is -2.16. The summed E-state index contributed by atoms with van der Waals surface area (Å²) in [6.07, 6.45) is -2.06. The number of hydrogen-bond donors (Lipinski definition) is 0. The smallest absolute Gasteiger partial charge is 0.324 e. The monoisotopic (exact) mass is 444 g/mol. The van der Waals surface area contributed by atoms with Crippen molar-refractivity contribution in [3.8, 4) is 11.8 Å². The van der Waals surface area contributed by atoms with Gasteiger partial charge in [0, 0.05) is 37.6 Å². The van der Waals surface area contributed by atoms with E-state index in [1.165, 1.54) is 4.31 Å². The first-order valence-electron chi connectivity index (χ1n) is 8.76. The normalized spacial score (nSPS) is 19.5. The minimum absolute atomic E-state index is 0.0294. The molecular formula is C18H19F3N4O2S2. The number of aromatic nitrogens is 2. The first-order valence-corrected chi connectivity index (χ1v) is 11.1. The molecule has 3 rings (SSSR count). The van der Waals surface area contributed by atoms with Crippen LogP contribution in [-0.2, 0) is 10.0 Å². The molecule has 0 radical (unpaired) electrons. The standard InChI is InChI=1S/C18H19F3N4O2S2/c1-3-5-15-12-24(29(26,27)16-6-4-9-28-16)7-8-25(15)17-22-10-14(11-23-17)13(2)18(19,20)21/h4,6,9-11,13,15H,7-8,12H2,1-2H3. The molecule has 2 unspecified atom stereocenters. The zero-order valence-electron chi connectivity index (χ0n) is 15.7. The zero-order chi connectivity index (χ0) is 21.2. The van der Waals surface area contributed by atoms with Gasteiger partial charge in [-0.05, 0) is 25.3 Å². The van der Waals surface area contributed by atoms with Crippen LogP contribution in [0, 0.1) is 11.8 Å². The van der Waals surface area contributed by atoms with Gasteiger partial charge in [0.2, 0.25) is 5.95 Å². The number of thiophene rings is 1. The molecule has 2 atom stereocenters. The van der Waals surface area contributed by atoms with Gasteiger partial charge >= 0.3 is 6.18 Å². The van der Waals surface area contributed by atoms with E-state index in [-0.39, 0.29) is 35.4 Å². The van der Waals surface area contributed by atoms with Crippen LogP contribution in [0.5, 0.6) is 0 Å². The van der Waals surface area contributed by atoms with Crippen molar-refractivity contribution in [1.82, 2.24) is 14.3 Å². The number of alkyl halides is 3. The molecule has 2 aromatic heterocycles. The van der Waals surface area contributed by atoms with E-state index < -0.39 is 28.2 Å². The Kier molecular flexibility index (Phi) is 6.16. The Morgan fingerprint density at radius 1 is 1.28 bits per heavy atom.